The number of hydrogen-bond donors (Lipinski definition) is 1. The third-order valence-corrected chi connectivity index (χ3v) is 4.09. The molecular formula is C16H32N2O2. The van der Waals surface area contributed by atoms with Crippen LogP contribution < -0.4 is 0 Å². The molecule has 1 aliphatic carbocycles. The largest absolute Gasteiger partial charge is 0.389 e. The Hall–Kier alpha value is -0.610. The predicted octanol–water partition coefficient (Wildman–Crippen LogP) is 2.26. The molecule has 0 radical (unpaired) electrons. The van der Waals surface area contributed by atoms with Gasteiger partial charge in [-0.2, -0.15) is 0 Å². The molecule has 0 aliphatic heterocycles. The van der Waals surface area contributed by atoms with Crippen molar-refractivity contribution in [1.29, 1.82) is 0 Å². The average Bonchev–Trinajstić information content (AvgIpc) is 2.38. The van der Waals surface area contributed by atoms with Crippen molar-refractivity contribution < 1.29 is 9.90 Å². The van der Waals surface area contributed by atoms with Crippen LogP contribution in [0.1, 0.15) is 59.8 Å². The van der Waals surface area contributed by atoms with Crippen LogP contribution in [-0.2, 0) is 4.79 Å². The van der Waals surface area contributed by atoms with E-state index in [1.165, 1.54) is 19.3 Å². The van der Waals surface area contributed by atoms with Crippen LogP contribution in [0, 0.1) is 0 Å². The summed E-state index contributed by atoms with van der Waals surface area (Å²) in [5.74, 6) is 0.213. The van der Waals surface area contributed by atoms with Crippen LogP contribution >= 0.6 is 0 Å². The van der Waals surface area contributed by atoms with Crippen molar-refractivity contribution in [1.82, 2.24) is 9.80 Å². The summed E-state index contributed by atoms with van der Waals surface area (Å²) in [7, 11) is 0. The Morgan fingerprint density at radius 3 is 2.20 bits per heavy atom. The van der Waals surface area contributed by atoms with E-state index in [9.17, 15) is 9.90 Å². The molecule has 4 heteroatoms. The first-order valence-corrected chi connectivity index (χ1v) is 8.11. The molecule has 1 N–H and O–H groups in total. The van der Waals surface area contributed by atoms with Crippen LogP contribution in [0.5, 0.6) is 0 Å². The van der Waals surface area contributed by atoms with Crippen LogP contribution in [0.15, 0.2) is 0 Å². The zero-order valence-electron chi connectivity index (χ0n) is 13.7. The maximum Gasteiger partial charge on any atom is 0.236 e. The minimum absolute atomic E-state index is 0.213. The van der Waals surface area contributed by atoms with Crippen molar-refractivity contribution in [3.8, 4) is 0 Å². The number of carbonyl (C=O) groups is 1. The molecule has 0 aromatic heterocycles. The van der Waals surface area contributed by atoms with E-state index in [2.05, 4.69) is 6.92 Å². The molecule has 0 unspecified atom stereocenters. The third-order valence-electron chi connectivity index (χ3n) is 4.09. The first-order valence-electron chi connectivity index (χ1n) is 8.11. The number of likely N-dealkylation sites (N-methyl/N-ethyl adjacent to an activating group) is 2. The molecule has 0 spiro atoms. The van der Waals surface area contributed by atoms with Crippen molar-refractivity contribution in [2.45, 2.75) is 71.4 Å². The molecule has 1 amide bonds. The molecule has 1 rings (SSSR count). The van der Waals surface area contributed by atoms with E-state index in [1.807, 2.05) is 16.7 Å². The lowest BCUT2D eigenvalue weighted by Crippen LogP contribution is -2.48. The van der Waals surface area contributed by atoms with E-state index in [0.29, 0.717) is 19.1 Å². The Bertz CT molecular complexity index is 293. The van der Waals surface area contributed by atoms with Gasteiger partial charge >= 0.3 is 0 Å². The van der Waals surface area contributed by atoms with Gasteiger partial charge in [-0.25, -0.2) is 0 Å². The van der Waals surface area contributed by atoms with Gasteiger partial charge in [0.05, 0.1) is 12.1 Å². The second-order valence-corrected chi connectivity index (χ2v) is 6.59. The van der Waals surface area contributed by atoms with E-state index < -0.39 is 5.60 Å². The molecule has 1 aliphatic rings. The Kier molecular flexibility index (Phi) is 6.96. The second kappa shape index (κ2) is 7.99. The summed E-state index contributed by atoms with van der Waals surface area (Å²) in [6.07, 6.45) is 6.10. The van der Waals surface area contributed by atoms with E-state index in [0.717, 1.165) is 25.9 Å². The molecule has 1 saturated carbocycles. The van der Waals surface area contributed by atoms with Crippen LogP contribution in [0.2, 0.25) is 0 Å². The first kappa shape index (κ1) is 17.4. The van der Waals surface area contributed by atoms with E-state index >= 15 is 0 Å². The van der Waals surface area contributed by atoms with Crippen molar-refractivity contribution in [2.75, 3.05) is 26.2 Å². The van der Waals surface area contributed by atoms with Gasteiger partial charge < -0.3 is 10.0 Å². The molecule has 4 nitrogen and oxygen atoms in total. The molecule has 0 saturated heterocycles. The van der Waals surface area contributed by atoms with Gasteiger partial charge in [0, 0.05) is 19.1 Å². The molecule has 0 heterocycles. The summed E-state index contributed by atoms with van der Waals surface area (Å²) >= 11 is 0. The molecular weight excluding hydrogens is 252 g/mol. The predicted molar refractivity (Wildman–Crippen MR) is 82.7 cm³/mol. The van der Waals surface area contributed by atoms with Gasteiger partial charge in [0.1, 0.15) is 0 Å². The topological polar surface area (TPSA) is 43.8 Å². The number of aliphatic hydroxyl groups is 1. The summed E-state index contributed by atoms with van der Waals surface area (Å²) in [5.41, 5.74) is -0.752. The lowest BCUT2D eigenvalue weighted by atomic mass is 9.94. The van der Waals surface area contributed by atoms with E-state index in [4.69, 9.17) is 0 Å². The standard InChI is InChI=1S/C16H32N2O2/c1-5-17(13-16(3,4)20)12-15(19)18(6-2)14-10-8-7-9-11-14/h14,20H,5-13H2,1-4H3. The van der Waals surface area contributed by atoms with Crippen LogP contribution in [0.25, 0.3) is 0 Å². The maximum absolute atomic E-state index is 12.5. The van der Waals surface area contributed by atoms with Crippen LogP contribution in [0.3, 0.4) is 0 Å². The highest BCUT2D eigenvalue weighted by atomic mass is 16.3. The van der Waals surface area contributed by atoms with Gasteiger partial charge in [0.25, 0.3) is 0 Å². The van der Waals surface area contributed by atoms with Crippen molar-refractivity contribution >= 4 is 5.91 Å². The van der Waals surface area contributed by atoms with Gasteiger partial charge in [-0.15, -0.1) is 0 Å². The number of hydrogen-bond acceptors (Lipinski definition) is 3. The van der Waals surface area contributed by atoms with Crippen molar-refractivity contribution in [3.05, 3.63) is 0 Å². The van der Waals surface area contributed by atoms with E-state index in [1.54, 1.807) is 13.8 Å². The van der Waals surface area contributed by atoms with Crippen molar-refractivity contribution in [3.63, 3.8) is 0 Å². The summed E-state index contributed by atoms with van der Waals surface area (Å²) < 4.78 is 0. The van der Waals surface area contributed by atoms with Gasteiger partial charge in [0.2, 0.25) is 5.91 Å². The fourth-order valence-corrected chi connectivity index (χ4v) is 3.14. The normalized spacial score (nSPS) is 17.5. The van der Waals surface area contributed by atoms with Gasteiger partial charge in [-0.1, -0.05) is 26.2 Å². The Balaban J connectivity index is 2.56. The number of rotatable bonds is 7. The van der Waals surface area contributed by atoms with Gasteiger partial charge in [0.15, 0.2) is 0 Å². The SMILES string of the molecule is CCN(CC(=O)N(CC)C1CCCCC1)CC(C)(C)O. The number of amides is 1. The Labute approximate surface area is 124 Å². The highest BCUT2D eigenvalue weighted by molar-refractivity contribution is 5.78. The fraction of sp³-hybridized carbons (Fsp3) is 0.938. The summed E-state index contributed by atoms with van der Waals surface area (Å²) in [4.78, 5) is 16.6. The zero-order valence-corrected chi connectivity index (χ0v) is 13.7. The molecule has 1 fully saturated rings. The van der Waals surface area contributed by atoms with Crippen LogP contribution in [0.4, 0.5) is 0 Å². The highest BCUT2D eigenvalue weighted by Crippen LogP contribution is 2.22. The smallest absolute Gasteiger partial charge is 0.236 e. The lowest BCUT2D eigenvalue weighted by molar-refractivity contribution is -0.135. The van der Waals surface area contributed by atoms with Crippen molar-refractivity contribution in [2.24, 2.45) is 0 Å². The third kappa shape index (κ3) is 5.80. The van der Waals surface area contributed by atoms with Gasteiger partial charge in [-0.3, -0.25) is 9.69 Å². The molecule has 0 aromatic carbocycles. The Morgan fingerprint density at radius 1 is 1.15 bits per heavy atom. The average molecular weight is 284 g/mol. The lowest BCUT2D eigenvalue weighted by Gasteiger charge is -2.36. The first-order chi connectivity index (χ1) is 9.37. The monoisotopic (exact) mass is 284 g/mol. The summed E-state index contributed by atoms with van der Waals surface area (Å²) in [6.45, 7) is 10.2. The van der Waals surface area contributed by atoms with Crippen LogP contribution in [-0.4, -0.2) is 58.6 Å². The second-order valence-electron chi connectivity index (χ2n) is 6.59. The highest BCUT2D eigenvalue weighted by Gasteiger charge is 2.26. The number of nitrogens with zero attached hydrogens (tertiary/aromatic N) is 2. The fourth-order valence-electron chi connectivity index (χ4n) is 3.14. The molecule has 0 aromatic rings. The minimum atomic E-state index is -0.752. The summed E-state index contributed by atoms with van der Waals surface area (Å²) in [6, 6.07) is 0.432. The molecule has 0 atom stereocenters. The van der Waals surface area contributed by atoms with E-state index in [-0.39, 0.29) is 5.91 Å². The number of carbonyl (C=O) groups excluding carboxylic acids is 1. The molecule has 118 valence electrons. The summed E-state index contributed by atoms with van der Waals surface area (Å²) in [5, 5.41) is 9.91. The maximum atomic E-state index is 12.5. The molecule has 20 heavy (non-hydrogen) atoms. The quantitative estimate of drug-likeness (QED) is 0.780. The molecule has 0 bridgehead atoms. The van der Waals surface area contributed by atoms with Gasteiger partial charge in [-0.05, 0) is 40.2 Å². The zero-order chi connectivity index (χ0) is 15.2. The minimum Gasteiger partial charge on any atom is -0.389 e. The Morgan fingerprint density at radius 2 is 1.75 bits per heavy atom.